The molecule has 5 heteroatoms. The number of ether oxygens (including phenoxy) is 1. The molecule has 1 aromatic carbocycles. The molecule has 4 nitrogen and oxygen atoms in total. The van der Waals surface area contributed by atoms with Crippen molar-refractivity contribution in [1.82, 2.24) is 4.98 Å². The van der Waals surface area contributed by atoms with Crippen LogP contribution in [0.3, 0.4) is 0 Å². The highest BCUT2D eigenvalue weighted by atomic mass is 35.5. The average Bonchev–Trinajstić information content (AvgIpc) is 2.47. The summed E-state index contributed by atoms with van der Waals surface area (Å²) in [6, 6.07) is 11.1. The molecule has 1 heterocycles. The zero-order valence-electron chi connectivity index (χ0n) is 12.9. The van der Waals surface area contributed by atoms with E-state index in [1.165, 1.54) is 6.20 Å². The molecule has 2 aromatic rings. The number of carbonyl (C=O) groups excluding carboxylic acids is 1. The van der Waals surface area contributed by atoms with E-state index in [-0.39, 0.29) is 17.9 Å². The first-order valence-corrected chi connectivity index (χ1v) is 7.38. The molecule has 0 aliphatic heterocycles. The van der Waals surface area contributed by atoms with Crippen LogP contribution < -0.4 is 10.1 Å². The van der Waals surface area contributed by atoms with E-state index in [9.17, 15) is 4.79 Å². The van der Waals surface area contributed by atoms with Crippen LogP contribution >= 0.6 is 11.6 Å². The number of benzene rings is 1. The van der Waals surface area contributed by atoms with E-state index < -0.39 is 0 Å². The number of carbonyl (C=O) groups is 1. The van der Waals surface area contributed by atoms with Gasteiger partial charge in [-0.1, -0.05) is 50.6 Å². The molecular formula is C17H19ClN2O2. The van der Waals surface area contributed by atoms with Gasteiger partial charge in [0.05, 0.1) is 11.9 Å². The highest BCUT2D eigenvalue weighted by Crippen LogP contribution is 2.30. The normalized spacial score (nSPS) is 11.1. The molecule has 0 bridgehead atoms. The average molecular weight is 319 g/mol. The number of rotatable bonds is 4. The second-order valence-corrected chi connectivity index (χ2v) is 6.34. The van der Waals surface area contributed by atoms with Gasteiger partial charge in [-0.25, -0.2) is 4.98 Å². The van der Waals surface area contributed by atoms with Crippen LogP contribution in [0.15, 0.2) is 42.6 Å². The highest BCUT2D eigenvalue weighted by molar-refractivity contribution is 6.29. The molecule has 1 amide bonds. The van der Waals surface area contributed by atoms with E-state index in [0.29, 0.717) is 10.8 Å². The van der Waals surface area contributed by atoms with Crippen molar-refractivity contribution in [1.29, 1.82) is 0 Å². The number of anilines is 1. The lowest BCUT2D eigenvalue weighted by atomic mass is 9.86. The number of para-hydroxylation sites is 1. The van der Waals surface area contributed by atoms with E-state index >= 15 is 0 Å². The fourth-order valence-corrected chi connectivity index (χ4v) is 2.11. The first kappa shape index (κ1) is 16.3. The first-order valence-electron chi connectivity index (χ1n) is 7.00. The van der Waals surface area contributed by atoms with Crippen LogP contribution in [0.2, 0.25) is 5.15 Å². The molecule has 0 atom stereocenters. The fraction of sp³-hybridized carbons (Fsp3) is 0.294. The van der Waals surface area contributed by atoms with Crippen molar-refractivity contribution in [3.63, 3.8) is 0 Å². The molecule has 116 valence electrons. The zero-order valence-corrected chi connectivity index (χ0v) is 13.6. The number of amides is 1. The molecule has 0 radical (unpaired) electrons. The maximum Gasteiger partial charge on any atom is 0.262 e. The monoisotopic (exact) mass is 318 g/mol. The molecule has 1 N–H and O–H groups in total. The Bertz CT molecular complexity index is 648. The van der Waals surface area contributed by atoms with E-state index in [4.69, 9.17) is 16.3 Å². The Morgan fingerprint density at radius 2 is 1.95 bits per heavy atom. The summed E-state index contributed by atoms with van der Waals surface area (Å²) in [5, 5.41) is 3.10. The molecule has 0 unspecified atom stereocenters. The number of pyridine rings is 1. The first-order chi connectivity index (χ1) is 10.4. The van der Waals surface area contributed by atoms with E-state index in [1.54, 1.807) is 12.1 Å². The van der Waals surface area contributed by atoms with Gasteiger partial charge in [0.1, 0.15) is 10.9 Å². The molecule has 0 aliphatic rings. The number of hydrogen-bond acceptors (Lipinski definition) is 3. The molecule has 0 fully saturated rings. The van der Waals surface area contributed by atoms with Crippen LogP contribution in [0.5, 0.6) is 5.75 Å². The van der Waals surface area contributed by atoms with E-state index in [2.05, 4.69) is 31.1 Å². The van der Waals surface area contributed by atoms with Gasteiger partial charge in [-0.15, -0.1) is 0 Å². The van der Waals surface area contributed by atoms with E-state index in [0.717, 1.165) is 11.3 Å². The molecule has 0 spiro atoms. The van der Waals surface area contributed by atoms with Gasteiger partial charge in [-0.3, -0.25) is 4.79 Å². The maximum absolute atomic E-state index is 11.9. The van der Waals surface area contributed by atoms with Crippen LogP contribution in [0, 0.1) is 0 Å². The molecule has 0 saturated heterocycles. The lowest BCUT2D eigenvalue weighted by molar-refractivity contribution is -0.118. The Morgan fingerprint density at radius 3 is 2.59 bits per heavy atom. The van der Waals surface area contributed by atoms with Gasteiger partial charge < -0.3 is 10.1 Å². The minimum absolute atomic E-state index is 0.0484. The van der Waals surface area contributed by atoms with Gasteiger partial charge in [0.25, 0.3) is 5.91 Å². The van der Waals surface area contributed by atoms with Crippen molar-refractivity contribution in [2.75, 3.05) is 11.9 Å². The van der Waals surface area contributed by atoms with Gasteiger partial charge in [0.2, 0.25) is 0 Å². The van der Waals surface area contributed by atoms with Crippen LogP contribution in [-0.2, 0) is 10.2 Å². The van der Waals surface area contributed by atoms with Crippen molar-refractivity contribution in [3.05, 3.63) is 53.3 Å². The maximum atomic E-state index is 11.9. The second kappa shape index (κ2) is 6.79. The molecule has 22 heavy (non-hydrogen) atoms. The summed E-state index contributed by atoms with van der Waals surface area (Å²) in [5.74, 6) is 0.479. The van der Waals surface area contributed by atoms with Crippen LogP contribution in [0.25, 0.3) is 0 Å². The third-order valence-corrected chi connectivity index (χ3v) is 3.29. The van der Waals surface area contributed by atoms with Gasteiger partial charge >= 0.3 is 0 Å². The minimum atomic E-state index is -0.243. The minimum Gasteiger partial charge on any atom is -0.483 e. The highest BCUT2D eigenvalue weighted by Gasteiger charge is 2.18. The summed E-state index contributed by atoms with van der Waals surface area (Å²) in [4.78, 5) is 15.8. The summed E-state index contributed by atoms with van der Waals surface area (Å²) in [6.45, 7) is 6.26. The van der Waals surface area contributed by atoms with E-state index in [1.807, 2.05) is 24.3 Å². The fourth-order valence-electron chi connectivity index (χ4n) is 2.00. The Kier molecular flexibility index (Phi) is 5.03. The van der Waals surface area contributed by atoms with Crippen molar-refractivity contribution in [3.8, 4) is 5.75 Å². The summed E-state index contributed by atoms with van der Waals surface area (Å²) < 4.78 is 5.66. The van der Waals surface area contributed by atoms with Crippen molar-refractivity contribution < 1.29 is 9.53 Å². The predicted octanol–water partition coefficient (Wildman–Crippen LogP) is 4.05. The molecule has 2 rings (SSSR count). The quantitative estimate of drug-likeness (QED) is 0.865. The predicted molar refractivity (Wildman–Crippen MR) is 88.5 cm³/mol. The van der Waals surface area contributed by atoms with Crippen molar-refractivity contribution in [2.24, 2.45) is 0 Å². The zero-order chi connectivity index (χ0) is 16.2. The van der Waals surface area contributed by atoms with Crippen LogP contribution in [0.4, 0.5) is 5.69 Å². The van der Waals surface area contributed by atoms with Gasteiger partial charge in [-0.05, 0) is 29.2 Å². The SMILES string of the molecule is CC(C)(C)c1ccccc1OCC(=O)Nc1ccc(Cl)nc1. The second-order valence-electron chi connectivity index (χ2n) is 5.95. The van der Waals surface area contributed by atoms with Crippen molar-refractivity contribution in [2.45, 2.75) is 26.2 Å². The topological polar surface area (TPSA) is 51.2 Å². The van der Waals surface area contributed by atoms with Crippen LogP contribution in [-0.4, -0.2) is 17.5 Å². The van der Waals surface area contributed by atoms with Crippen molar-refractivity contribution >= 4 is 23.2 Å². The molecule has 0 aliphatic carbocycles. The lowest BCUT2D eigenvalue weighted by Crippen LogP contribution is -2.22. The number of halogens is 1. The Labute approximate surface area is 135 Å². The lowest BCUT2D eigenvalue weighted by Gasteiger charge is -2.22. The third kappa shape index (κ3) is 4.46. The molecule has 0 saturated carbocycles. The Morgan fingerprint density at radius 1 is 1.23 bits per heavy atom. The third-order valence-electron chi connectivity index (χ3n) is 3.06. The largest absolute Gasteiger partial charge is 0.483 e. The van der Waals surface area contributed by atoms with Crippen LogP contribution in [0.1, 0.15) is 26.3 Å². The number of nitrogens with zero attached hydrogens (tertiary/aromatic N) is 1. The summed E-state index contributed by atoms with van der Waals surface area (Å²) in [7, 11) is 0. The summed E-state index contributed by atoms with van der Waals surface area (Å²) >= 11 is 5.70. The molecular weight excluding hydrogens is 300 g/mol. The smallest absolute Gasteiger partial charge is 0.262 e. The van der Waals surface area contributed by atoms with Gasteiger partial charge in [0.15, 0.2) is 6.61 Å². The Hall–Kier alpha value is -2.07. The number of aromatic nitrogens is 1. The summed E-state index contributed by atoms with van der Waals surface area (Å²) in [6.07, 6.45) is 1.50. The number of hydrogen-bond donors (Lipinski definition) is 1. The van der Waals surface area contributed by atoms with Gasteiger partial charge in [0, 0.05) is 0 Å². The Balaban J connectivity index is 1.98. The standard InChI is InChI=1S/C17H19ClN2O2/c1-17(2,3)13-6-4-5-7-14(13)22-11-16(21)20-12-8-9-15(18)19-10-12/h4-10H,11H2,1-3H3,(H,20,21). The summed E-state index contributed by atoms with van der Waals surface area (Å²) in [5.41, 5.74) is 1.60. The number of nitrogens with one attached hydrogen (secondary N) is 1. The van der Waals surface area contributed by atoms with Gasteiger partial charge in [-0.2, -0.15) is 0 Å². The molecule has 1 aromatic heterocycles.